The molecule has 0 unspecified atom stereocenters. The van der Waals surface area contributed by atoms with E-state index in [-0.39, 0.29) is 17.6 Å². The molecule has 3 atom stereocenters. The summed E-state index contributed by atoms with van der Waals surface area (Å²) in [5.74, 6) is 1.76. The number of anilines is 1. The van der Waals surface area contributed by atoms with Crippen LogP contribution in [0, 0.1) is 11.3 Å². The van der Waals surface area contributed by atoms with Gasteiger partial charge in [-0.15, -0.1) is 11.3 Å². The Morgan fingerprint density at radius 3 is 2.60 bits per heavy atom. The van der Waals surface area contributed by atoms with Crippen molar-refractivity contribution in [2.24, 2.45) is 4.99 Å². The number of likely N-dealkylation sites (N-methyl/N-ethyl adjacent to an activating group) is 1. The van der Waals surface area contributed by atoms with E-state index in [0.717, 1.165) is 59.9 Å². The summed E-state index contributed by atoms with van der Waals surface area (Å²) in [5.41, 5.74) is 1.49. The Hall–Kier alpha value is -3.80. The van der Waals surface area contributed by atoms with Gasteiger partial charge in [0.05, 0.1) is 11.9 Å². The molecule has 2 fully saturated rings. The van der Waals surface area contributed by atoms with Crippen LogP contribution in [-0.4, -0.2) is 113 Å². The molecule has 50 heavy (non-hydrogen) atoms. The quantitative estimate of drug-likeness (QED) is 0.193. The molecule has 268 valence electrons. The largest absolute Gasteiger partial charge is 0.473 e. The predicted octanol–water partition coefficient (Wildman–Crippen LogP) is 6.32. The lowest BCUT2D eigenvalue weighted by Gasteiger charge is -2.36. The first-order valence-corrected chi connectivity index (χ1v) is 19.1. The second-order valence-electron chi connectivity index (χ2n) is 15.0. The number of aromatic nitrogens is 3. The maximum absolute atomic E-state index is 12.8. The number of fused-ring (bicyclic) bond motifs is 1. The van der Waals surface area contributed by atoms with Gasteiger partial charge in [-0.3, -0.25) is 4.90 Å². The highest BCUT2D eigenvalue weighted by Gasteiger charge is 2.41. The molecule has 3 aromatic heterocycles. The number of rotatable bonds is 8. The number of hydrogen-bond acceptors (Lipinski definition) is 12. The normalized spacial score (nSPS) is 22.0. The van der Waals surface area contributed by atoms with Gasteiger partial charge in [-0.25, -0.2) is 14.8 Å². The standard InChI is InChI=1S/C36H49N9O3S2/c1-23(26-11-10-14-43(26)8)47-30-20-29(44-15-17-45(18-16-44)34(46)48-35(2,3)4)39-32(40-30)25-19-28(50-41-25)36(5)13-9-12-27-31(36)24(21-37)33(49-27)38-22-42(6)7/h19-20,22-23,26H,9-18H2,1-8H3/t23-,26-,36+/m0/s1. The molecule has 2 saturated heterocycles. The van der Waals surface area contributed by atoms with Crippen LogP contribution in [0.5, 0.6) is 5.88 Å². The van der Waals surface area contributed by atoms with Gasteiger partial charge < -0.3 is 24.2 Å². The SMILES string of the molecule is C[C@H](Oc1cc(N2CCN(C(=O)OC(C)(C)C)CC2)nc(-c2cc([C@@]3(C)CCCc4sc(N=CN(C)C)c(C#N)c43)sn2)n1)[C@@H]1CCCN1C. The number of hydrogen-bond donors (Lipinski definition) is 0. The van der Waals surface area contributed by atoms with Crippen molar-refractivity contribution in [1.29, 1.82) is 5.26 Å². The number of nitrogens with zero attached hydrogens (tertiary/aromatic N) is 9. The second kappa shape index (κ2) is 14.4. The van der Waals surface area contributed by atoms with Crippen molar-refractivity contribution >= 4 is 46.1 Å². The highest BCUT2D eigenvalue weighted by molar-refractivity contribution is 7.16. The Labute approximate surface area is 303 Å². The minimum atomic E-state index is -0.545. The van der Waals surface area contributed by atoms with Gasteiger partial charge in [-0.05, 0) is 96.6 Å². The number of amides is 1. The van der Waals surface area contributed by atoms with Crippen molar-refractivity contribution in [3.05, 3.63) is 33.0 Å². The van der Waals surface area contributed by atoms with E-state index in [1.165, 1.54) is 16.4 Å². The lowest BCUT2D eigenvalue weighted by Crippen LogP contribution is -2.50. The molecule has 0 spiro atoms. The molecule has 0 bridgehead atoms. The average molecular weight is 720 g/mol. The van der Waals surface area contributed by atoms with Crippen molar-refractivity contribution in [3.8, 4) is 23.5 Å². The molecule has 0 radical (unpaired) electrons. The fourth-order valence-corrected chi connectivity index (χ4v) is 9.35. The van der Waals surface area contributed by atoms with Crippen molar-refractivity contribution in [3.63, 3.8) is 0 Å². The maximum Gasteiger partial charge on any atom is 0.410 e. The van der Waals surface area contributed by atoms with E-state index in [9.17, 15) is 10.1 Å². The van der Waals surface area contributed by atoms with Crippen molar-refractivity contribution in [1.82, 2.24) is 29.0 Å². The number of carbonyl (C=O) groups excluding carboxylic acids is 1. The van der Waals surface area contributed by atoms with Gasteiger partial charge >= 0.3 is 6.09 Å². The number of ether oxygens (including phenoxy) is 2. The van der Waals surface area contributed by atoms with Crippen LogP contribution in [0.4, 0.5) is 15.6 Å². The van der Waals surface area contributed by atoms with Crippen LogP contribution in [0.15, 0.2) is 17.1 Å². The van der Waals surface area contributed by atoms with Gasteiger partial charge in [0.25, 0.3) is 0 Å². The average Bonchev–Trinajstić information content (AvgIpc) is 3.82. The topological polar surface area (TPSA) is 123 Å². The smallest absolute Gasteiger partial charge is 0.410 e. The first-order chi connectivity index (χ1) is 23.8. The molecule has 5 heterocycles. The number of likely N-dealkylation sites (tertiary alicyclic amines) is 1. The minimum absolute atomic E-state index is 0.0555. The van der Waals surface area contributed by atoms with Crippen LogP contribution in [0.25, 0.3) is 11.5 Å². The van der Waals surface area contributed by atoms with E-state index in [0.29, 0.717) is 55.2 Å². The second-order valence-corrected chi connectivity index (χ2v) is 16.9. The molecule has 3 aromatic rings. The molecular formula is C36H49N9O3S2. The van der Waals surface area contributed by atoms with Crippen LogP contribution in [0.3, 0.4) is 0 Å². The fraction of sp³-hybridized carbons (Fsp3) is 0.611. The van der Waals surface area contributed by atoms with Gasteiger partial charge in [0, 0.05) is 67.6 Å². The first kappa shape index (κ1) is 36.0. The first-order valence-electron chi connectivity index (χ1n) is 17.5. The highest BCUT2D eigenvalue weighted by Crippen LogP contribution is 2.51. The Kier molecular flexibility index (Phi) is 10.4. The van der Waals surface area contributed by atoms with E-state index in [2.05, 4.69) is 47.8 Å². The van der Waals surface area contributed by atoms with Gasteiger partial charge in [0.15, 0.2) is 5.82 Å². The third kappa shape index (κ3) is 7.60. The van der Waals surface area contributed by atoms with Crippen LogP contribution in [-0.2, 0) is 16.6 Å². The number of nitriles is 1. The van der Waals surface area contributed by atoms with E-state index in [1.54, 1.807) is 22.6 Å². The molecule has 1 aliphatic carbocycles. The zero-order valence-corrected chi connectivity index (χ0v) is 32.2. The molecule has 2 aliphatic heterocycles. The Bertz CT molecular complexity index is 1770. The maximum atomic E-state index is 12.8. The van der Waals surface area contributed by atoms with E-state index >= 15 is 0 Å². The zero-order chi connectivity index (χ0) is 35.8. The van der Waals surface area contributed by atoms with E-state index in [1.807, 2.05) is 45.8 Å². The molecule has 14 heteroatoms. The monoisotopic (exact) mass is 719 g/mol. The lowest BCUT2D eigenvalue weighted by molar-refractivity contribution is 0.0240. The van der Waals surface area contributed by atoms with Crippen LogP contribution in [0.1, 0.15) is 81.2 Å². The zero-order valence-electron chi connectivity index (χ0n) is 30.5. The molecule has 12 nitrogen and oxygen atoms in total. The van der Waals surface area contributed by atoms with Crippen LogP contribution < -0.4 is 9.64 Å². The number of carbonyl (C=O) groups is 1. The Balaban J connectivity index is 1.31. The van der Waals surface area contributed by atoms with E-state index in [4.69, 9.17) is 23.8 Å². The predicted molar refractivity (Wildman–Crippen MR) is 199 cm³/mol. The summed E-state index contributed by atoms with van der Waals surface area (Å²) in [6.07, 6.45) is 6.51. The van der Waals surface area contributed by atoms with Gasteiger partial charge in [0.2, 0.25) is 5.88 Å². The Morgan fingerprint density at radius 1 is 1.18 bits per heavy atom. The summed E-state index contributed by atoms with van der Waals surface area (Å²) in [7, 11) is 6.00. The molecular weight excluding hydrogens is 671 g/mol. The fourth-order valence-electron chi connectivity index (χ4n) is 7.19. The third-order valence-corrected chi connectivity index (χ3v) is 12.0. The van der Waals surface area contributed by atoms with Crippen molar-refractivity contribution in [2.75, 3.05) is 58.8 Å². The molecule has 6 rings (SSSR count). The third-order valence-electron chi connectivity index (χ3n) is 9.77. The Morgan fingerprint density at radius 2 is 1.94 bits per heavy atom. The number of aryl methyl sites for hydroxylation is 1. The molecule has 0 aromatic carbocycles. The molecule has 3 aliphatic rings. The lowest BCUT2D eigenvalue weighted by atomic mass is 9.71. The summed E-state index contributed by atoms with van der Waals surface area (Å²) in [4.78, 5) is 37.9. The minimum Gasteiger partial charge on any atom is -0.473 e. The summed E-state index contributed by atoms with van der Waals surface area (Å²) >= 11 is 3.07. The molecule has 1 amide bonds. The number of piperazine rings is 1. The van der Waals surface area contributed by atoms with Gasteiger partial charge in [-0.2, -0.15) is 14.6 Å². The summed E-state index contributed by atoms with van der Waals surface area (Å²) < 4.78 is 17.1. The van der Waals surface area contributed by atoms with Gasteiger partial charge in [0.1, 0.15) is 34.3 Å². The van der Waals surface area contributed by atoms with Gasteiger partial charge in [-0.1, -0.05) is 6.92 Å². The van der Waals surface area contributed by atoms with Crippen LogP contribution >= 0.6 is 22.9 Å². The molecule has 0 saturated carbocycles. The summed E-state index contributed by atoms with van der Waals surface area (Å²) in [6, 6.07) is 6.81. The highest BCUT2D eigenvalue weighted by atomic mass is 32.1. The number of aliphatic imine (C=N–C) groups is 1. The summed E-state index contributed by atoms with van der Waals surface area (Å²) in [6.45, 7) is 13.3. The van der Waals surface area contributed by atoms with E-state index < -0.39 is 5.60 Å². The number of thiophene rings is 1. The summed E-state index contributed by atoms with van der Waals surface area (Å²) in [5, 5.41) is 11.1. The van der Waals surface area contributed by atoms with Crippen molar-refractivity contribution < 1.29 is 14.3 Å². The van der Waals surface area contributed by atoms with Crippen LogP contribution in [0.2, 0.25) is 0 Å². The molecule has 0 N–H and O–H groups in total. The van der Waals surface area contributed by atoms with Crippen molar-refractivity contribution in [2.45, 2.75) is 89.9 Å².